The van der Waals surface area contributed by atoms with Crippen molar-refractivity contribution < 1.29 is 9.13 Å². The van der Waals surface area contributed by atoms with E-state index in [1.54, 1.807) is 13.8 Å². The van der Waals surface area contributed by atoms with E-state index in [2.05, 4.69) is 19.2 Å². The highest BCUT2D eigenvalue weighted by molar-refractivity contribution is 5.11. The third-order valence-electron chi connectivity index (χ3n) is 3.95. The maximum absolute atomic E-state index is 13.1. The highest BCUT2D eigenvalue weighted by atomic mass is 19.1. The zero-order valence-electron chi connectivity index (χ0n) is 11.7. The molecule has 1 aliphatic rings. The van der Waals surface area contributed by atoms with E-state index in [0.717, 1.165) is 18.6 Å². The Hall–Kier alpha value is -0.570. The number of alkyl halides is 1. The third-order valence-corrected chi connectivity index (χ3v) is 3.95. The second-order valence-corrected chi connectivity index (χ2v) is 5.28. The fraction of sp³-hybridized carbons (Fsp3) is 0.857. The van der Waals surface area contributed by atoms with Gasteiger partial charge in [0.05, 0.1) is 5.76 Å². The van der Waals surface area contributed by atoms with E-state index in [1.807, 2.05) is 7.05 Å². The van der Waals surface area contributed by atoms with Crippen LogP contribution in [0, 0.1) is 5.92 Å². The van der Waals surface area contributed by atoms with Crippen molar-refractivity contribution in [3.63, 3.8) is 0 Å². The quantitative estimate of drug-likeness (QED) is 0.798. The normalized spacial score (nSPS) is 26.6. The molecule has 4 unspecified atom stereocenters. The molecular weight excluding hydrogens is 217 g/mol. The minimum Gasteiger partial charge on any atom is -0.492 e. The smallest absolute Gasteiger partial charge is 0.134 e. The molecule has 0 saturated heterocycles. The molecule has 1 aliphatic carbocycles. The van der Waals surface area contributed by atoms with Crippen molar-refractivity contribution in [1.82, 2.24) is 5.32 Å². The van der Waals surface area contributed by atoms with Crippen molar-refractivity contribution in [3.8, 4) is 0 Å². The number of rotatable bonds is 5. The lowest BCUT2D eigenvalue weighted by molar-refractivity contribution is 0.0489. The zero-order chi connectivity index (χ0) is 13.0. The predicted octanol–water partition coefficient (Wildman–Crippen LogP) is 3.43. The summed E-state index contributed by atoms with van der Waals surface area (Å²) < 4.78 is 18.9. The van der Waals surface area contributed by atoms with Crippen LogP contribution < -0.4 is 5.32 Å². The van der Waals surface area contributed by atoms with Gasteiger partial charge in [0.25, 0.3) is 0 Å². The molecule has 0 aliphatic heterocycles. The lowest BCUT2D eigenvalue weighted by Crippen LogP contribution is -2.33. The number of allylic oxidation sites excluding steroid dienone is 2. The van der Waals surface area contributed by atoms with Crippen LogP contribution in [-0.2, 0) is 4.74 Å². The molecule has 3 heteroatoms. The zero-order valence-corrected chi connectivity index (χ0v) is 11.7. The van der Waals surface area contributed by atoms with E-state index in [-0.39, 0.29) is 6.10 Å². The average Bonchev–Trinajstić information content (AvgIpc) is 2.30. The van der Waals surface area contributed by atoms with Gasteiger partial charge in [-0.1, -0.05) is 0 Å². The summed E-state index contributed by atoms with van der Waals surface area (Å²) in [6.45, 7) is 7.66. The molecule has 0 fully saturated rings. The third kappa shape index (κ3) is 3.98. The van der Waals surface area contributed by atoms with E-state index >= 15 is 0 Å². The summed E-state index contributed by atoms with van der Waals surface area (Å²) in [7, 11) is 1.99. The number of hydrogen-bond donors (Lipinski definition) is 1. The van der Waals surface area contributed by atoms with Crippen LogP contribution in [0.15, 0.2) is 11.3 Å². The molecule has 4 atom stereocenters. The van der Waals surface area contributed by atoms with E-state index in [0.29, 0.717) is 12.0 Å². The maximum Gasteiger partial charge on any atom is 0.134 e. The summed E-state index contributed by atoms with van der Waals surface area (Å²) in [5.74, 6) is 1.61. The van der Waals surface area contributed by atoms with E-state index in [9.17, 15) is 4.39 Å². The highest BCUT2D eigenvalue weighted by Gasteiger charge is 2.25. The van der Waals surface area contributed by atoms with Crippen LogP contribution in [0.2, 0.25) is 0 Å². The van der Waals surface area contributed by atoms with Gasteiger partial charge in [-0.3, -0.25) is 0 Å². The number of ether oxygens (including phenoxy) is 1. The van der Waals surface area contributed by atoms with E-state index < -0.39 is 6.17 Å². The SMILES string of the molecule is CNC(C)C1CCC(C)=C(OC(C)C(C)F)C1. The van der Waals surface area contributed by atoms with Gasteiger partial charge in [-0.2, -0.15) is 0 Å². The molecule has 0 aromatic rings. The molecule has 0 bridgehead atoms. The van der Waals surface area contributed by atoms with Crippen LogP contribution in [0.3, 0.4) is 0 Å². The molecule has 1 N–H and O–H groups in total. The Morgan fingerprint density at radius 3 is 2.53 bits per heavy atom. The molecular formula is C14H26FNO. The Kier molecular flexibility index (Phi) is 5.44. The topological polar surface area (TPSA) is 21.3 Å². The molecule has 0 amide bonds. The predicted molar refractivity (Wildman–Crippen MR) is 69.7 cm³/mol. The number of nitrogens with one attached hydrogen (secondary N) is 1. The summed E-state index contributed by atoms with van der Waals surface area (Å²) in [6.07, 6.45) is 1.94. The van der Waals surface area contributed by atoms with Crippen LogP contribution in [0.25, 0.3) is 0 Å². The maximum atomic E-state index is 13.1. The molecule has 17 heavy (non-hydrogen) atoms. The first-order valence-electron chi connectivity index (χ1n) is 6.62. The van der Waals surface area contributed by atoms with Gasteiger partial charge in [-0.15, -0.1) is 0 Å². The lowest BCUT2D eigenvalue weighted by atomic mass is 9.84. The molecule has 0 saturated carbocycles. The van der Waals surface area contributed by atoms with Crippen molar-refractivity contribution >= 4 is 0 Å². The second kappa shape index (κ2) is 6.39. The number of hydrogen-bond acceptors (Lipinski definition) is 2. The van der Waals surface area contributed by atoms with Crippen LogP contribution >= 0.6 is 0 Å². The van der Waals surface area contributed by atoms with E-state index in [1.165, 1.54) is 12.0 Å². The van der Waals surface area contributed by atoms with Gasteiger partial charge in [-0.05, 0) is 59.1 Å². The molecule has 1 rings (SSSR count). The molecule has 0 aromatic carbocycles. The Morgan fingerprint density at radius 1 is 1.35 bits per heavy atom. The second-order valence-electron chi connectivity index (χ2n) is 5.28. The van der Waals surface area contributed by atoms with Crippen molar-refractivity contribution in [2.45, 2.75) is 65.3 Å². The molecule has 0 radical (unpaired) electrons. The summed E-state index contributed by atoms with van der Waals surface area (Å²) in [5.41, 5.74) is 1.29. The van der Waals surface area contributed by atoms with Crippen LogP contribution in [0.4, 0.5) is 4.39 Å². The summed E-state index contributed by atoms with van der Waals surface area (Å²) in [5, 5.41) is 3.29. The van der Waals surface area contributed by atoms with Crippen molar-refractivity contribution in [2.24, 2.45) is 5.92 Å². The molecule has 0 heterocycles. The summed E-state index contributed by atoms with van der Waals surface area (Å²) in [4.78, 5) is 0. The van der Waals surface area contributed by atoms with Gasteiger partial charge in [0.15, 0.2) is 0 Å². The first-order valence-corrected chi connectivity index (χ1v) is 6.62. The number of halogens is 1. The van der Waals surface area contributed by atoms with E-state index in [4.69, 9.17) is 4.74 Å². The fourth-order valence-electron chi connectivity index (χ4n) is 2.19. The fourth-order valence-corrected chi connectivity index (χ4v) is 2.19. The minimum atomic E-state index is -0.919. The van der Waals surface area contributed by atoms with Gasteiger partial charge in [0, 0.05) is 12.5 Å². The Bertz CT molecular complexity index is 275. The lowest BCUT2D eigenvalue weighted by Gasteiger charge is -2.31. The van der Waals surface area contributed by atoms with Crippen molar-refractivity contribution in [2.75, 3.05) is 7.05 Å². The molecule has 2 nitrogen and oxygen atoms in total. The van der Waals surface area contributed by atoms with Gasteiger partial charge < -0.3 is 10.1 Å². The first kappa shape index (κ1) is 14.5. The monoisotopic (exact) mass is 243 g/mol. The Morgan fingerprint density at radius 2 is 2.00 bits per heavy atom. The van der Waals surface area contributed by atoms with Crippen LogP contribution in [-0.4, -0.2) is 25.4 Å². The highest BCUT2D eigenvalue weighted by Crippen LogP contribution is 2.32. The van der Waals surface area contributed by atoms with Gasteiger partial charge in [0.1, 0.15) is 12.3 Å². The Balaban J connectivity index is 2.63. The van der Waals surface area contributed by atoms with Gasteiger partial charge >= 0.3 is 0 Å². The first-order chi connectivity index (χ1) is 7.95. The van der Waals surface area contributed by atoms with Crippen LogP contribution in [0.5, 0.6) is 0 Å². The molecule has 0 spiro atoms. The molecule has 100 valence electrons. The minimum absolute atomic E-state index is 0.344. The van der Waals surface area contributed by atoms with Gasteiger partial charge in [0.2, 0.25) is 0 Å². The van der Waals surface area contributed by atoms with Crippen molar-refractivity contribution in [3.05, 3.63) is 11.3 Å². The molecule has 0 aromatic heterocycles. The standard InChI is InChI=1S/C14H26FNO/c1-9-6-7-13(11(3)16-5)8-14(9)17-12(4)10(2)15/h10-13,16H,6-8H2,1-5H3. The van der Waals surface area contributed by atoms with Crippen molar-refractivity contribution in [1.29, 1.82) is 0 Å². The summed E-state index contributed by atoms with van der Waals surface area (Å²) >= 11 is 0. The Labute approximate surface area is 105 Å². The summed E-state index contributed by atoms with van der Waals surface area (Å²) in [6, 6.07) is 0.486. The van der Waals surface area contributed by atoms with Crippen LogP contribution in [0.1, 0.15) is 47.0 Å². The average molecular weight is 243 g/mol. The largest absolute Gasteiger partial charge is 0.492 e. The van der Waals surface area contributed by atoms with Gasteiger partial charge in [-0.25, -0.2) is 4.39 Å².